The van der Waals surface area contributed by atoms with Gasteiger partial charge in [0.05, 0.1) is 30.6 Å². The van der Waals surface area contributed by atoms with Crippen molar-refractivity contribution < 1.29 is 60.1 Å². The van der Waals surface area contributed by atoms with Gasteiger partial charge in [-0.25, -0.2) is 37.5 Å². The minimum atomic E-state index is -5.23. The number of phosphoric ester groups is 2. The molecule has 1 aromatic carbocycles. The maximum absolute atomic E-state index is 15.9. The normalized spacial score (nSPS) is 37.0. The fraction of sp³-hybridized carbons (Fsp3) is 0.455. The molecule has 24 heteroatoms. The number of nitrogen functional groups attached to an aromatic ring is 1. The lowest BCUT2D eigenvalue weighted by Gasteiger charge is -2.25. The number of hydrogen-bond acceptors (Lipinski definition) is 15. The number of rotatable bonds is 3. The minimum absolute atomic E-state index is 0.0122. The number of nitrogens with two attached hydrogens (primary N) is 2. The van der Waals surface area contributed by atoms with Gasteiger partial charge >= 0.3 is 15.6 Å². The van der Waals surface area contributed by atoms with Crippen molar-refractivity contribution in [3.63, 3.8) is 0 Å². The van der Waals surface area contributed by atoms with Crippen molar-refractivity contribution in [2.45, 2.75) is 49.2 Å². The Morgan fingerprint density at radius 2 is 1.63 bits per heavy atom. The summed E-state index contributed by atoms with van der Waals surface area (Å²) >= 11 is 0. The molecule has 3 unspecified atom stereocenters. The van der Waals surface area contributed by atoms with E-state index < -0.39 is 84.0 Å². The predicted molar refractivity (Wildman–Crippen MR) is 145 cm³/mol. The zero-order chi connectivity index (χ0) is 32.5. The topological polar surface area (TPSA) is 273 Å². The highest BCUT2D eigenvalue weighted by Crippen LogP contribution is 2.54. The first-order valence-corrected chi connectivity index (χ1v) is 16.3. The summed E-state index contributed by atoms with van der Waals surface area (Å²) in [4.78, 5) is 44.9. The zero-order valence-corrected chi connectivity index (χ0v) is 24.7. The third-order valence-corrected chi connectivity index (χ3v) is 9.49. The lowest BCUT2D eigenvalue weighted by Crippen LogP contribution is -2.34. The van der Waals surface area contributed by atoms with Crippen molar-refractivity contribution in [2.24, 2.45) is 5.73 Å². The molecule has 0 radical (unpaired) electrons. The van der Waals surface area contributed by atoms with Crippen LogP contribution in [0.4, 0.5) is 14.6 Å². The molecule has 3 aromatic heterocycles. The summed E-state index contributed by atoms with van der Waals surface area (Å²) in [6, 6.07) is 4.25. The molecule has 2 bridgehead atoms. The van der Waals surface area contributed by atoms with Gasteiger partial charge in [-0.05, 0) is 12.1 Å². The van der Waals surface area contributed by atoms with Crippen LogP contribution < -0.4 is 11.5 Å². The van der Waals surface area contributed by atoms with Crippen LogP contribution in [0.25, 0.3) is 22.2 Å². The van der Waals surface area contributed by atoms with Gasteiger partial charge in [0.2, 0.25) is 0 Å². The Labute approximate surface area is 254 Å². The molecule has 7 rings (SSSR count). The van der Waals surface area contributed by atoms with E-state index >= 15 is 8.78 Å². The highest BCUT2D eigenvalue weighted by molar-refractivity contribution is 7.47. The largest absolute Gasteiger partial charge is 0.472 e. The van der Waals surface area contributed by atoms with E-state index in [4.69, 9.17) is 39.0 Å². The van der Waals surface area contributed by atoms with Crippen LogP contribution in [0.1, 0.15) is 22.8 Å². The summed E-state index contributed by atoms with van der Waals surface area (Å²) in [7, 11) is -10.4. The number of alkyl halides is 2. The molecule has 0 saturated carbocycles. The Kier molecular flexibility index (Phi) is 7.63. The summed E-state index contributed by atoms with van der Waals surface area (Å²) in [6.07, 6.45) is -12.7. The molecule has 0 spiro atoms. The first kappa shape index (κ1) is 31.1. The Morgan fingerprint density at radius 3 is 2.37 bits per heavy atom. The van der Waals surface area contributed by atoms with Crippen molar-refractivity contribution >= 4 is 49.6 Å². The smallest absolute Gasteiger partial charge is 0.382 e. The number of anilines is 1. The number of phosphoric acid groups is 2. The van der Waals surface area contributed by atoms with Crippen molar-refractivity contribution in [1.82, 2.24) is 34.5 Å². The standard InChI is InChI=1S/C22H23F2N9O11P2/c23-12-10-4-39-45(35,36)43-16-11(42-21(13(16)24)32-7-29-15-18(25)27-6-28-20(15)32)5-40-46(37,38)44-17(12)22(41-10)33-9-3-1-2-8(19(26)34)14(9)30-31-33/h1-3,6-7,10-13,16-17,21-22H,4-5H2,(H2,26,34)(H,35,36)(H,37,38)(H2,25,27,28)/t10-,11?,12-,13-,16-,17-,21-,22-/m1/s1. The summed E-state index contributed by atoms with van der Waals surface area (Å²) in [6.45, 7) is -1.92. The lowest BCUT2D eigenvalue weighted by molar-refractivity contribution is -0.0705. The first-order valence-electron chi connectivity index (χ1n) is 13.3. The number of aromatic nitrogens is 7. The summed E-state index contributed by atoms with van der Waals surface area (Å²) in [5.74, 6) is -0.850. The maximum atomic E-state index is 15.9. The maximum Gasteiger partial charge on any atom is 0.472 e. The lowest BCUT2D eigenvalue weighted by atomic mass is 10.1. The average molecular weight is 689 g/mol. The molecule has 3 fully saturated rings. The number of nitrogens with zero attached hydrogens (tertiary/aromatic N) is 7. The minimum Gasteiger partial charge on any atom is -0.382 e. The zero-order valence-electron chi connectivity index (χ0n) is 22.9. The number of carbonyl (C=O) groups is 1. The molecule has 20 nitrogen and oxygen atoms in total. The van der Waals surface area contributed by atoms with E-state index in [2.05, 4.69) is 25.3 Å². The second-order valence-electron chi connectivity index (χ2n) is 10.3. The molecule has 10 atom stereocenters. The molecule has 3 saturated heterocycles. The van der Waals surface area contributed by atoms with E-state index in [1.807, 2.05) is 0 Å². The van der Waals surface area contributed by atoms with Crippen LogP contribution in [0.15, 0.2) is 30.9 Å². The third kappa shape index (κ3) is 5.35. The van der Waals surface area contributed by atoms with Crippen LogP contribution in [0.5, 0.6) is 0 Å². The van der Waals surface area contributed by atoms with Crippen molar-refractivity contribution in [1.29, 1.82) is 0 Å². The molecule has 1 amide bonds. The molecule has 46 heavy (non-hydrogen) atoms. The van der Waals surface area contributed by atoms with Crippen LogP contribution >= 0.6 is 15.6 Å². The van der Waals surface area contributed by atoms with Crippen molar-refractivity contribution in [2.75, 3.05) is 18.9 Å². The number of halogens is 2. The van der Waals surface area contributed by atoms with Gasteiger partial charge in [0.25, 0.3) is 5.91 Å². The number of carbonyl (C=O) groups excluding carboxylic acids is 1. The van der Waals surface area contributed by atoms with Crippen LogP contribution in [-0.2, 0) is 36.7 Å². The number of imidazole rings is 1. The van der Waals surface area contributed by atoms with Gasteiger partial charge < -0.3 is 30.7 Å². The molecule has 6 N–H and O–H groups in total. The SMILES string of the molecule is NC(=O)c1cccc2c1nnn2[C@@H]1O[C@@H]2COP(=O)(O)O[C@@H]3C(COP(=O)(O)O[C@@H]1[C@@H]2F)O[C@@H](n1cnc2c(N)ncnc21)[C@@H]3F. The highest BCUT2D eigenvalue weighted by Gasteiger charge is 2.55. The molecule has 0 aliphatic carbocycles. The molecule has 3 aliphatic rings. The Hall–Kier alpha value is -3.56. The number of hydrogen-bond donors (Lipinski definition) is 4. The Morgan fingerprint density at radius 1 is 0.935 bits per heavy atom. The summed E-state index contributed by atoms with van der Waals surface area (Å²) < 4.78 is 91.6. The van der Waals surface area contributed by atoms with Gasteiger partial charge in [0.1, 0.15) is 41.8 Å². The van der Waals surface area contributed by atoms with Crippen LogP contribution in [0.2, 0.25) is 0 Å². The van der Waals surface area contributed by atoms with Gasteiger partial charge in [-0.3, -0.25) is 27.5 Å². The van der Waals surface area contributed by atoms with Gasteiger partial charge in [-0.2, -0.15) is 0 Å². The highest BCUT2D eigenvalue weighted by atomic mass is 31.2. The fourth-order valence-corrected chi connectivity index (χ4v) is 7.31. The molecule has 246 valence electrons. The average Bonchev–Trinajstić information content (AvgIpc) is 3.76. The van der Waals surface area contributed by atoms with E-state index in [0.29, 0.717) is 0 Å². The quantitative estimate of drug-likeness (QED) is 0.212. The fourth-order valence-electron chi connectivity index (χ4n) is 5.43. The van der Waals surface area contributed by atoms with E-state index in [9.17, 15) is 23.7 Å². The van der Waals surface area contributed by atoms with E-state index in [1.54, 1.807) is 0 Å². The summed E-state index contributed by atoms with van der Waals surface area (Å²) in [5, 5.41) is 7.77. The van der Waals surface area contributed by atoms with E-state index in [-0.39, 0.29) is 33.6 Å². The predicted octanol–water partition coefficient (Wildman–Crippen LogP) is 0.441. The van der Waals surface area contributed by atoms with E-state index in [0.717, 1.165) is 21.9 Å². The molecule has 3 aliphatic heterocycles. The Bertz CT molecular complexity index is 1930. The van der Waals surface area contributed by atoms with Gasteiger partial charge in [-0.1, -0.05) is 11.3 Å². The van der Waals surface area contributed by atoms with E-state index in [1.165, 1.54) is 18.2 Å². The number of ether oxygens (including phenoxy) is 2. The van der Waals surface area contributed by atoms with Crippen LogP contribution in [0.3, 0.4) is 0 Å². The molecular weight excluding hydrogens is 666 g/mol. The number of benzene rings is 1. The van der Waals surface area contributed by atoms with Crippen LogP contribution in [-0.4, -0.2) is 100 Å². The van der Waals surface area contributed by atoms with Gasteiger partial charge in [0.15, 0.2) is 36.3 Å². The second-order valence-corrected chi connectivity index (χ2v) is 13.2. The van der Waals surface area contributed by atoms with Crippen LogP contribution in [0, 0.1) is 0 Å². The molecule has 6 heterocycles. The molecular formula is C22H23F2N9O11P2. The second kappa shape index (κ2) is 11.3. The molecule has 4 aromatic rings. The first-order chi connectivity index (χ1) is 21.8. The third-order valence-electron chi connectivity index (χ3n) is 7.52. The van der Waals surface area contributed by atoms with Crippen molar-refractivity contribution in [3.8, 4) is 0 Å². The van der Waals surface area contributed by atoms with Gasteiger partial charge in [-0.15, -0.1) is 5.10 Å². The summed E-state index contributed by atoms with van der Waals surface area (Å²) in [5.41, 5.74) is 11.4. The number of amides is 1. The number of fused-ring (bicyclic) bond motifs is 5. The van der Waals surface area contributed by atoms with Crippen molar-refractivity contribution in [3.05, 3.63) is 36.4 Å². The van der Waals surface area contributed by atoms with Gasteiger partial charge in [0, 0.05) is 0 Å². The Balaban J connectivity index is 1.20. The monoisotopic (exact) mass is 689 g/mol. The number of primary amides is 1.